The van der Waals surface area contributed by atoms with E-state index in [1.165, 1.54) is 36.0 Å². The van der Waals surface area contributed by atoms with Crippen LogP contribution < -0.4 is 19.8 Å². The molecular weight excluding hydrogens is 1060 g/mol. The Hall–Kier alpha value is -5.25. The number of likely N-dealkylation sites (tertiary alicyclic amines) is 1. The number of nitrogens with one attached hydrogen (secondary N) is 2. The molecule has 12 nitrogen and oxygen atoms in total. The molecule has 2 N–H and O–H groups in total. The van der Waals surface area contributed by atoms with E-state index in [0.29, 0.717) is 84.2 Å². The summed E-state index contributed by atoms with van der Waals surface area (Å²) in [5.74, 6) is -0.145. The third-order valence-electron chi connectivity index (χ3n) is 13.2. The number of hydrogen-bond acceptors (Lipinski definition) is 11. The number of sulfonamides is 1. The molecule has 395 valence electrons. The number of rotatable bonds is 18. The summed E-state index contributed by atoms with van der Waals surface area (Å²) in [5, 5.41) is 3.56. The molecule has 3 heterocycles. The first-order chi connectivity index (χ1) is 35.0. The number of sulfone groups is 2. The summed E-state index contributed by atoms with van der Waals surface area (Å²) >= 11 is 7.72. The van der Waals surface area contributed by atoms with Crippen molar-refractivity contribution in [2.24, 2.45) is 0 Å². The highest BCUT2D eigenvalue weighted by Gasteiger charge is 2.48. The molecule has 2 fully saturated rings. The molecule has 74 heavy (non-hydrogen) atoms. The van der Waals surface area contributed by atoms with Crippen LogP contribution in [0.3, 0.4) is 0 Å². The van der Waals surface area contributed by atoms with Gasteiger partial charge >= 0.3 is 5.51 Å². The molecule has 1 radical (unpaired) electrons. The van der Waals surface area contributed by atoms with Crippen LogP contribution in [0, 0.1) is 19.2 Å². The lowest BCUT2D eigenvalue weighted by atomic mass is 9.99. The van der Waals surface area contributed by atoms with Crippen molar-refractivity contribution >= 4 is 75.8 Å². The SMILES string of the molecule is Cc1c(S(C)(=O)=O)c(-c2cc(F)cc(N3CCN(c4ccc(NS(=O)(=O)c5ccc(N[C@H](CCN6CC[CH]CC6)CSc6ccccc6)c(S(=O)(=O)C(F)(F)F)c5)cc4)CC3)c2)c(-c2ccc(Cl)cc2)n1C(C)C. The van der Waals surface area contributed by atoms with Crippen molar-refractivity contribution in [1.29, 1.82) is 0 Å². The number of aromatic nitrogens is 1. The first-order valence-corrected chi connectivity index (χ1v) is 30.3. The van der Waals surface area contributed by atoms with Crippen LogP contribution in [0.1, 0.15) is 44.8 Å². The largest absolute Gasteiger partial charge is 0.501 e. The summed E-state index contributed by atoms with van der Waals surface area (Å²) in [6.45, 7) is 9.82. The number of alkyl halides is 3. The quantitative estimate of drug-likeness (QED) is 0.0628. The first-order valence-electron chi connectivity index (χ1n) is 24.1. The van der Waals surface area contributed by atoms with Gasteiger partial charge in [-0.15, -0.1) is 11.8 Å². The zero-order valence-electron chi connectivity index (χ0n) is 41.2. The second-order valence-corrected chi connectivity index (χ2v) is 25.8. The second-order valence-electron chi connectivity index (χ2n) is 18.8. The Balaban J connectivity index is 0.987. The van der Waals surface area contributed by atoms with Crippen LogP contribution >= 0.6 is 23.4 Å². The van der Waals surface area contributed by atoms with Crippen molar-refractivity contribution in [2.45, 2.75) is 77.2 Å². The van der Waals surface area contributed by atoms with Gasteiger partial charge in [-0.05, 0) is 156 Å². The molecule has 2 aliphatic rings. The molecule has 0 unspecified atom stereocenters. The lowest BCUT2D eigenvalue weighted by Crippen LogP contribution is -2.46. The normalized spacial score (nSPS) is 15.6. The van der Waals surface area contributed by atoms with Crippen LogP contribution in [-0.2, 0) is 29.7 Å². The van der Waals surface area contributed by atoms with Gasteiger partial charge in [0.1, 0.15) is 10.7 Å². The number of nitrogens with zero attached hydrogens (tertiary/aromatic N) is 4. The monoisotopic (exact) mass is 1110 g/mol. The molecule has 21 heteroatoms. The van der Waals surface area contributed by atoms with E-state index < -0.39 is 56.9 Å². The van der Waals surface area contributed by atoms with Gasteiger partial charge in [-0.2, -0.15) is 13.2 Å². The van der Waals surface area contributed by atoms with Crippen molar-refractivity contribution in [2.75, 3.05) is 77.7 Å². The van der Waals surface area contributed by atoms with E-state index in [0.717, 1.165) is 60.5 Å². The van der Waals surface area contributed by atoms with Gasteiger partial charge < -0.3 is 24.6 Å². The molecule has 2 aliphatic heterocycles. The maximum atomic E-state index is 15.8. The molecule has 0 aliphatic carbocycles. The van der Waals surface area contributed by atoms with Gasteiger partial charge in [-0.25, -0.2) is 29.6 Å². The smallest absolute Gasteiger partial charge is 0.380 e. The van der Waals surface area contributed by atoms with Crippen molar-refractivity contribution in [3.05, 3.63) is 138 Å². The Bertz CT molecular complexity index is 3290. The van der Waals surface area contributed by atoms with E-state index in [9.17, 15) is 38.4 Å². The van der Waals surface area contributed by atoms with Gasteiger partial charge in [0.05, 0.1) is 21.2 Å². The van der Waals surface area contributed by atoms with E-state index in [-0.39, 0.29) is 22.3 Å². The lowest BCUT2D eigenvalue weighted by Gasteiger charge is -2.37. The predicted molar refractivity (Wildman–Crippen MR) is 289 cm³/mol. The highest BCUT2D eigenvalue weighted by atomic mass is 35.5. The Morgan fingerprint density at radius 3 is 1.99 bits per heavy atom. The fourth-order valence-electron chi connectivity index (χ4n) is 9.66. The average Bonchev–Trinajstić information content (AvgIpc) is 3.69. The highest BCUT2D eigenvalue weighted by molar-refractivity contribution is 7.99. The highest BCUT2D eigenvalue weighted by Crippen LogP contribution is 2.45. The standard InChI is InChI=1S/C53H58ClF4N6O6S4/c1-36(2)64-37(3)52(72(4,65)66)50(51(64)38-13-15-40(54)16-14-38)39-31-41(55)33-45(32-39)63-29-27-62(28-30-63)44-19-17-42(18-20-44)60-74(69,70)47-21-22-48(49(34-47)73(67,68)53(56,57)58)59-43(23-26-61-24-9-6-10-25-61)35-71-46-11-7-5-8-12-46/h5-8,11-22,31-34,36,43,59-60H,9-10,23-30,35H2,1-4H3/t43-/m1/s1. The maximum Gasteiger partial charge on any atom is 0.501 e. The molecule has 0 amide bonds. The number of piperazine rings is 1. The zero-order chi connectivity index (χ0) is 53.2. The summed E-state index contributed by atoms with van der Waals surface area (Å²) in [4.78, 5) is 5.49. The molecule has 8 rings (SSSR count). The summed E-state index contributed by atoms with van der Waals surface area (Å²) in [5.41, 5.74) is -2.01. The molecule has 0 saturated carbocycles. The number of thioether (sulfide) groups is 1. The summed E-state index contributed by atoms with van der Waals surface area (Å²) in [6, 6.07) is 29.5. The van der Waals surface area contributed by atoms with Crippen LogP contribution in [0.4, 0.5) is 40.3 Å². The minimum Gasteiger partial charge on any atom is -0.380 e. The first kappa shape index (κ1) is 55.0. The fourth-order valence-corrected chi connectivity index (χ4v) is 14.1. The van der Waals surface area contributed by atoms with Gasteiger partial charge in [0.25, 0.3) is 19.9 Å². The summed E-state index contributed by atoms with van der Waals surface area (Å²) < 4.78 is 144. The van der Waals surface area contributed by atoms with Crippen molar-refractivity contribution < 1.29 is 42.8 Å². The number of hydrogen-bond donors (Lipinski definition) is 2. The van der Waals surface area contributed by atoms with E-state index in [1.54, 1.807) is 37.3 Å². The Kier molecular flexibility index (Phi) is 16.7. The third-order valence-corrected chi connectivity index (χ3v) is 18.8. The lowest BCUT2D eigenvalue weighted by molar-refractivity contribution is -0.0435. The zero-order valence-corrected chi connectivity index (χ0v) is 45.3. The van der Waals surface area contributed by atoms with Crippen molar-refractivity contribution in [3.8, 4) is 22.4 Å². The topological polar surface area (TPSA) is 141 Å². The van der Waals surface area contributed by atoms with E-state index >= 15 is 4.39 Å². The predicted octanol–water partition coefficient (Wildman–Crippen LogP) is 11.6. The Morgan fingerprint density at radius 1 is 0.743 bits per heavy atom. The average molecular weight is 1110 g/mol. The maximum absolute atomic E-state index is 15.8. The third kappa shape index (κ3) is 12.5. The molecule has 1 aromatic heterocycles. The molecular formula is C53H58ClF4N6O6S4. The number of anilines is 4. The van der Waals surface area contributed by atoms with Crippen LogP contribution in [0.25, 0.3) is 22.4 Å². The van der Waals surface area contributed by atoms with Crippen LogP contribution in [0.2, 0.25) is 5.02 Å². The molecule has 2 saturated heterocycles. The van der Waals surface area contributed by atoms with Gasteiger partial charge in [-0.3, -0.25) is 4.72 Å². The van der Waals surface area contributed by atoms with E-state index in [4.69, 9.17) is 11.6 Å². The number of piperidine rings is 1. The fraction of sp³-hybridized carbons (Fsp3) is 0.340. The van der Waals surface area contributed by atoms with Gasteiger partial charge in [-0.1, -0.05) is 41.9 Å². The van der Waals surface area contributed by atoms with Gasteiger partial charge in [0.15, 0.2) is 9.84 Å². The Morgan fingerprint density at radius 2 is 1.38 bits per heavy atom. The summed E-state index contributed by atoms with van der Waals surface area (Å²) in [7, 11) is -14.4. The molecule has 5 aromatic carbocycles. The van der Waals surface area contributed by atoms with Gasteiger partial charge in [0.2, 0.25) is 0 Å². The van der Waals surface area contributed by atoms with Crippen LogP contribution in [-0.4, -0.2) is 104 Å². The van der Waals surface area contributed by atoms with Crippen molar-refractivity contribution in [3.63, 3.8) is 0 Å². The van der Waals surface area contributed by atoms with E-state index in [1.807, 2.05) is 65.8 Å². The molecule has 0 spiro atoms. The molecule has 0 bridgehead atoms. The second kappa shape index (κ2) is 22.5. The summed E-state index contributed by atoms with van der Waals surface area (Å²) in [6.07, 6.45) is 5.68. The van der Waals surface area contributed by atoms with E-state index in [2.05, 4.69) is 26.3 Å². The van der Waals surface area contributed by atoms with Crippen LogP contribution in [0.15, 0.2) is 135 Å². The molecule has 1 atom stereocenters. The van der Waals surface area contributed by atoms with Crippen LogP contribution in [0.5, 0.6) is 0 Å². The van der Waals surface area contributed by atoms with Gasteiger partial charge in [0, 0.05) is 95.1 Å². The molecule has 6 aromatic rings. The Labute approximate surface area is 441 Å². The number of benzene rings is 5. The van der Waals surface area contributed by atoms with Crippen molar-refractivity contribution in [1.82, 2.24) is 9.47 Å². The minimum atomic E-state index is -6.02. The minimum absolute atomic E-state index is 0.0865. The number of halogens is 5.